The van der Waals surface area contributed by atoms with E-state index in [1.807, 2.05) is 35.7 Å². The number of hydrogen-bond acceptors (Lipinski definition) is 4. The molecule has 1 unspecified atom stereocenters. The predicted octanol–water partition coefficient (Wildman–Crippen LogP) is 3.24. The largest absolute Gasteiger partial charge is 0.422 e. The van der Waals surface area contributed by atoms with E-state index in [0.29, 0.717) is 16.3 Å². The quantitative estimate of drug-likeness (QED) is 0.533. The van der Waals surface area contributed by atoms with Crippen LogP contribution < -0.4 is 16.3 Å². The third kappa shape index (κ3) is 1.95. The van der Waals surface area contributed by atoms with Gasteiger partial charge in [-0.3, -0.25) is 0 Å². The first-order valence-corrected chi connectivity index (χ1v) is 7.69. The molecule has 21 heavy (non-hydrogen) atoms. The van der Waals surface area contributed by atoms with Gasteiger partial charge in [0.05, 0.1) is 17.3 Å². The second-order valence-electron chi connectivity index (χ2n) is 4.72. The molecule has 0 amide bonds. The summed E-state index contributed by atoms with van der Waals surface area (Å²) in [6.07, 6.45) is 0. The Labute approximate surface area is 129 Å². The van der Waals surface area contributed by atoms with Gasteiger partial charge in [0.2, 0.25) is 0 Å². The first kappa shape index (κ1) is 12.6. The van der Waals surface area contributed by atoms with Crippen LogP contribution in [0, 0.1) is 0 Å². The van der Waals surface area contributed by atoms with Crippen LogP contribution in [0.1, 0.15) is 16.5 Å². The van der Waals surface area contributed by atoms with Gasteiger partial charge in [-0.25, -0.2) is 4.79 Å². The van der Waals surface area contributed by atoms with Crippen molar-refractivity contribution in [1.82, 2.24) is 5.32 Å². The van der Waals surface area contributed by atoms with Gasteiger partial charge in [-0.2, -0.15) is 0 Å². The molecule has 0 saturated carbocycles. The Hall–Kier alpha value is -2.18. The van der Waals surface area contributed by atoms with Crippen LogP contribution in [0.25, 0.3) is 11.0 Å². The van der Waals surface area contributed by atoms with E-state index in [2.05, 4.69) is 10.6 Å². The normalized spacial score (nSPS) is 17.1. The Bertz CT molecular complexity index is 900. The molecule has 1 atom stereocenters. The molecule has 4 rings (SSSR count). The zero-order valence-electron chi connectivity index (χ0n) is 10.8. The number of thiophene rings is 1. The van der Waals surface area contributed by atoms with Gasteiger partial charge in [-0.05, 0) is 35.8 Å². The molecule has 0 saturated heterocycles. The van der Waals surface area contributed by atoms with E-state index < -0.39 is 0 Å². The molecule has 0 radical (unpaired) electrons. The number of nitrogens with one attached hydrogen (secondary N) is 2. The molecule has 0 aliphatic carbocycles. The second-order valence-corrected chi connectivity index (χ2v) is 6.11. The van der Waals surface area contributed by atoms with Gasteiger partial charge < -0.3 is 15.1 Å². The van der Waals surface area contributed by atoms with Gasteiger partial charge in [0.1, 0.15) is 5.58 Å². The SMILES string of the molecule is O=c1oc2ccccc2c2c1C(c1cccs1)NC(=S)N2. The predicted molar refractivity (Wildman–Crippen MR) is 88.0 cm³/mol. The van der Waals surface area contributed by atoms with Crippen molar-refractivity contribution in [2.24, 2.45) is 0 Å². The summed E-state index contributed by atoms with van der Waals surface area (Å²) in [5.41, 5.74) is 1.53. The maximum atomic E-state index is 12.4. The van der Waals surface area contributed by atoms with Crippen molar-refractivity contribution in [2.45, 2.75) is 6.04 Å². The summed E-state index contributed by atoms with van der Waals surface area (Å²) in [5.74, 6) is 0. The van der Waals surface area contributed by atoms with Gasteiger partial charge in [0, 0.05) is 10.3 Å². The van der Waals surface area contributed by atoms with Crippen LogP contribution in [-0.4, -0.2) is 5.11 Å². The number of rotatable bonds is 1. The molecule has 0 spiro atoms. The summed E-state index contributed by atoms with van der Waals surface area (Å²) in [6.45, 7) is 0. The van der Waals surface area contributed by atoms with Gasteiger partial charge in [0.15, 0.2) is 5.11 Å². The van der Waals surface area contributed by atoms with E-state index in [-0.39, 0.29) is 11.7 Å². The number of fused-ring (bicyclic) bond motifs is 3. The number of thiocarbonyl (C=S) groups is 1. The van der Waals surface area contributed by atoms with Crippen molar-refractivity contribution in [3.63, 3.8) is 0 Å². The lowest BCUT2D eigenvalue weighted by Gasteiger charge is -2.28. The summed E-state index contributed by atoms with van der Waals surface area (Å²) < 4.78 is 5.45. The molecule has 0 fully saturated rings. The number of para-hydroxylation sites is 1. The minimum absolute atomic E-state index is 0.269. The van der Waals surface area contributed by atoms with Crippen molar-refractivity contribution >= 4 is 45.3 Å². The lowest BCUT2D eigenvalue weighted by atomic mass is 10.0. The molecule has 4 nitrogen and oxygen atoms in total. The monoisotopic (exact) mass is 314 g/mol. The lowest BCUT2D eigenvalue weighted by molar-refractivity contribution is 0.540. The Kier molecular flexibility index (Phi) is 2.80. The van der Waals surface area contributed by atoms with E-state index in [4.69, 9.17) is 16.6 Å². The van der Waals surface area contributed by atoms with Crippen LogP contribution in [0.4, 0.5) is 5.69 Å². The highest BCUT2D eigenvalue weighted by Crippen LogP contribution is 2.35. The second kappa shape index (κ2) is 4.68. The van der Waals surface area contributed by atoms with Gasteiger partial charge in [-0.1, -0.05) is 18.2 Å². The van der Waals surface area contributed by atoms with E-state index >= 15 is 0 Å². The zero-order chi connectivity index (χ0) is 14.4. The van der Waals surface area contributed by atoms with Crippen molar-refractivity contribution in [3.8, 4) is 0 Å². The molecule has 1 aromatic carbocycles. The maximum absolute atomic E-state index is 12.4. The summed E-state index contributed by atoms with van der Waals surface area (Å²) >= 11 is 6.87. The number of hydrogen-bond donors (Lipinski definition) is 2. The first-order chi connectivity index (χ1) is 10.2. The molecule has 2 N–H and O–H groups in total. The van der Waals surface area contributed by atoms with Crippen LogP contribution in [-0.2, 0) is 0 Å². The molecule has 3 heterocycles. The number of benzene rings is 1. The third-order valence-corrected chi connectivity index (χ3v) is 4.64. The zero-order valence-corrected chi connectivity index (χ0v) is 12.4. The molecule has 104 valence electrons. The standard InChI is InChI=1S/C15H10N2O2S2/c18-14-11-12(8-4-1-2-5-9(8)19-14)16-15(20)17-13(11)10-6-3-7-21-10/h1-7,13H,(H2,16,17,20). The van der Waals surface area contributed by atoms with Crippen LogP contribution in [0.15, 0.2) is 51.0 Å². The summed E-state index contributed by atoms with van der Waals surface area (Å²) in [6, 6.07) is 11.1. The molecule has 3 aromatic rings. The summed E-state index contributed by atoms with van der Waals surface area (Å²) in [7, 11) is 0. The highest BCUT2D eigenvalue weighted by molar-refractivity contribution is 7.80. The van der Waals surface area contributed by atoms with Crippen molar-refractivity contribution < 1.29 is 4.42 Å². The van der Waals surface area contributed by atoms with E-state index in [9.17, 15) is 4.79 Å². The Morgan fingerprint density at radius 1 is 1.19 bits per heavy atom. The van der Waals surface area contributed by atoms with E-state index in [1.165, 1.54) is 0 Å². The maximum Gasteiger partial charge on any atom is 0.344 e. The topological polar surface area (TPSA) is 54.3 Å². The number of anilines is 1. The van der Waals surface area contributed by atoms with Crippen LogP contribution >= 0.6 is 23.6 Å². The lowest BCUT2D eigenvalue weighted by Crippen LogP contribution is -2.40. The third-order valence-electron chi connectivity index (χ3n) is 3.48. The van der Waals surface area contributed by atoms with Crippen LogP contribution in [0.5, 0.6) is 0 Å². The van der Waals surface area contributed by atoms with Crippen molar-refractivity contribution in [1.29, 1.82) is 0 Å². The Balaban J connectivity index is 2.06. The fourth-order valence-corrected chi connectivity index (χ4v) is 3.59. The minimum Gasteiger partial charge on any atom is -0.422 e. The average Bonchev–Trinajstić information content (AvgIpc) is 3.00. The van der Waals surface area contributed by atoms with E-state index in [1.54, 1.807) is 17.4 Å². The molecular weight excluding hydrogens is 304 g/mol. The minimum atomic E-state index is -0.343. The summed E-state index contributed by atoms with van der Waals surface area (Å²) in [4.78, 5) is 13.4. The smallest absolute Gasteiger partial charge is 0.344 e. The molecule has 6 heteroatoms. The van der Waals surface area contributed by atoms with Gasteiger partial charge >= 0.3 is 5.63 Å². The van der Waals surface area contributed by atoms with Gasteiger partial charge in [0.25, 0.3) is 0 Å². The van der Waals surface area contributed by atoms with Crippen LogP contribution in [0.3, 0.4) is 0 Å². The molecular formula is C15H10N2O2S2. The first-order valence-electron chi connectivity index (χ1n) is 6.41. The van der Waals surface area contributed by atoms with Crippen LogP contribution in [0.2, 0.25) is 0 Å². The summed E-state index contributed by atoms with van der Waals surface area (Å²) in [5, 5.41) is 9.60. The fourth-order valence-electron chi connectivity index (χ4n) is 2.58. The van der Waals surface area contributed by atoms with Crippen molar-refractivity contribution in [2.75, 3.05) is 5.32 Å². The Morgan fingerprint density at radius 2 is 2.05 bits per heavy atom. The average molecular weight is 314 g/mol. The molecule has 1 aliphatic heterocycles. The molecule has 2 aromatic heterocycles. The fraction of sp³-hybridized carbons (Fsp3) is 0.0667. The molecule has 0 bridgehead atoms. The Morgan fingerprint density at radius 3 is 2.86 bits per heavy atom. The van der Waals surface area contributed by atoms with Gasteiger partial charge in [-0.15, -0.1) is 11.3 Å². The highest BCUT2D eigenvalue weighted by Gasteiger charge is 2.30. The molecule has 1 aliphatic rings. The highest BCUT2D eigenvalue weighted by atomic mass is 32.1. The van der Waals surface area contributed by atoms with Crippen molar-refractivity contribution in [3.05, 3.63) is 62.6 Å². The van der Waals surface area contributed by atoms with E-state index in [0.717, 1.165) is 16.0 Å².